The van der Waals surface area contributed by atoms with E-state index in [0.29, 0.717) is 5.78 Å². The number of hydrogen-bond acceptors (Lipinski definition) is 2. The van der Waals surface area contributed by atoms with Crippen LogP contribution < -0.4 is 4.74 Å². The number of aryl methyl sites for hydroxylation is 1. The number of carbonyl (C=O) groups is 1. The number of ketones is 1. The van der Waals surface area contributed by atoms with Gasteiger partial charge >= 0.3 is 0 Å². The third kappa shape index (κ3) is 1.88. The molecule has 1 aromatic rings. The van der Waals surface area contributed by atoms with Crippen molar-refractivity contribution in [3.63, 3.8) is 0 Å². The van der Waals surface area contributed by atoms with Gasteiger partial charge < -0.3 is 4.74 Å². The lowest BCUT2D eigenvalue weighted by molar-refractivity contribution is -0.133. The van der Waals surface area contributed by atoms with E-state index >= 15 is 0 Å². The highest BCUT2D eigenvalue weighted by Gasteiger charge is 2.58. The van der Waals surface area contributed by atoms with Crippen LogP contribution in [0.2, 0.25) is 0 Å². The molecule has 0 aliphatic heterocycles. The number of carbonyl (C=O) groups excluding carboxylic acids is 1. The van der Waals surface area contributed by atoms with Crippen molar-refractivity contribution in [2.75, 3.05) is 6.61 Å². The Morgan fingerprint density at radius 1 is 1.15 bits per heavy atom. The topological polar surface area (TPSA) is 26.3 Å². The molecule has 0 aromatic heterocycles. The molecule has 4 aliphatic rings. The van der Waals surface area contributed by atoms with Gasteiger partial charge in [-0.25, -0.2) is 0 Å². The molecular formula is C18H22O2. The second kappa shape index (κ2) is 4.34. The monoisotopic (exact) mass is 270 g/mol. The first-order valence-corrected chi connectivity index (χ1v) is 7.87. The number of benzene rings is 1. The average molecular weight is 270 g/mol. The predicted octanol–water partition coefficient (Wildman–Crippen LogP) is 3.77. The third-order valence-corrected chi connectivity index (χ3v) is 5.91. The van der Waals surface area contributed by atoms with Gasteiger partial charge in [-0.15, -0.1) is 0 Å². The van der Waals surface area contributed by atoms with Crippen LogP contribution in [0.1, 0.15) is 37.7 Å². The van der Waals surface area contributed by atoms with E-state index in [9.17, 15) is 4.79 Å². The Labute approximate surface area is 120 Å². The Bertz CT molecular complexity index is 511. The fourth-order valence-electron chi connectivity index (χ4n) is 5.09. The molecule has 4 saturated carbocycles. The molecule has 0 saturated heterocycles. The van der Waals surface area contributed by atoms with Gasteiger partial charge in [-0.3, -0.25) is 4.79 Å². The second-order valence-corrected chi connectivity index (χ2v) is 7.28. The van der Waals surface area contributed by atoms with E-state index in [1.165, 1.54) is 18.4 Å². The number of ether oxygens (including phenoxy) is 1. The van der Waals surface area contributed by atoms with Gasteiger partial charge in [0.1, 0.15) is 12.4 Å². The van der Waals surface area contributed by atoms with E-state index in [0.717, 1.165) is 42.8 Å². The lowest BCUT2D eigenvalue weighted by Crippen LogP contribution is -2.38. The molecule has 4 fully saturated rings. The highest BCUT2D eigenvalue weighted by Crippen LogP contribution is 2.64. The molecule has 0 spiro atoms. The standard InChI is InChI=1S/C18H22O2/c1-12-2-4-16(5-3-12)20-11-17(19)18-8-13-6-14(9-18)15(7-13)10-18/h2-5,13-15H,6-11H2,1H3. The van der Waals surface area contributed by atoms with Crippen LogP contribution in [-0.4, -0.2) is 12.4 Å². The summed E-state index contributed by atoms with van der Waals surface area (Å²) in [6, 6.07) is 7.96. The third-order valence-electron chi connectivity index (χ3n) is 5.91. The van der Waals surface area contributed by atoms with Crippen molar-refractivity contribution in [3.05, 3.63) is 29.8 Å². The molecule has 0 amide bonds. The van der Waals surface area contributed by atoms with Crippen LogP contribution in [0.5, 0.6) is 5.75 Å². The van der Waals surface area contributed by atoms with E-state index < -0.39 is 0 Å². The van der Waals surface area contributed by atoms with Crippen LogP contribution in [0, 0.1) is 30.1 Å². The number of hydrogen-bond donors (Lipinski definition) is 0. The zero-order valence-corrected chi connectivity index (χ0v) is 12.1. The molecule has 0 heterocycles. The summed E-state index contributed by atoms with van der Waals surface area (Å²) < 4.78 is 5.72. The quantitative estimate of drug-likeness (QED) is 0.832. The molecule has 20 heavy (non-hydrogen) atoms. The van der Waals surface area contributed by atoms with E-state index in [1.807, 2.05) is 24.3 Å². The van der Waals surface area contributed by atoms with Crippen molar-refractivity contribution in [1.82, 2.24) is 0 Å². The summed E-state index contributed by atoms with van der Waals surface area (Å²) >= 11 is 0. The first kappa shape index (κ1) is 12.4. The Kier molecular flexibility index (Phi) is 2.70. The summed E-state index contributed by atoms with van der Waals surface area (Å²) in [5, 5.41) is 0. The molecule has 4 bridgehead atoms. The minimum Gasteiger partial charge on any atom is -0.486 e. The van der Waals surface area contributed by atoms with Crippen molar-refractivity contribution in [3.8, 4) is 5.75 Å². The molecule has 0 radical (unpaired) electrons. The van der Waals surface area contributed by atoms with Crippen molar-refractivity contribution in [2.45, 2.75) is 39.0 Å². The van der Waals surface area contributed by atoms with E-state index in [2.05, 4.69) is 6.92 Å². The maximum Gasteiger partial charge on any atom is 0.176 e. The Morgan fingerprint density at radius 2 is 1.80 bits per heavy atom. The first-order chi connectivity index (χ1) is 9.64. The van der Waals surface area contributed by atoms with Gasteiger partial charge in [-0.1, -0.05) is 17.7 Å². The van der Waals surface area contributed by atoms with Crippen molar-refractivity contribution in [1.29, 1.82) is 0 Å². The lowest BCUT2D eigenvalue weighted by atomic mass is 9.67. The maximum absolute atomic E-state index is 12.7. The highest BCUT2D eigenvalue weighted by molar-refractivity contribution is 5.87. The van der Waals surface area contributed by atoms with Gasteiger partial charge in [0.25, 0.3) is 0 Å². The first-order valence-electron chi connectivity index (χ1n) is 7.87. The van der Waals surface area contributed by atoms with Crippen molar-refractivity contribution < 1.29 is 9.53 Å². The van der Waals surface area contributed by atoms with Crippen LogP contribution in [0.4, 0.5) is 0 Å². The smallest absolute Gasteiger partial charge is 0.176 e. The highest BCUT2D eigenvalue weighted by atomic mass is 16.5. The van der Waals surface area contributed by atoms with E-state index in [4.69, 9.17) is 4.74 Å². The van der Waals surface area contributed by atoms with Crippen LogP contribution in [0.3, 0.4) is 0 Å². The summed E-state index contributed by atoms with van der Waals surface area (Å²) in [7, 11) is 0. The summed E-state index contributed by atoms with van der Waals surface area (Å²) in [5.74, 6) is 3.69. The summed E-state index contributed by atoms with van der Waals surface area (Å²) in [4.78, 5) is 12.7. The largest absolute Gasteiger partial charge is 0.486 e. The maximum atomic E-state index is 12.7. The van der Waals surface area contributed by atoms with Gasteiger partial charge in [-0.05, 0) is 68.9 Å². The van der Waals surface area contributed by atoms with Gasteiger partial charge in [0.15, 0.2) is 5.78 Å². The van der Waals surface area contributed by atoms with Crippen molar-refractivity contribution in [2.24, 2.45) is 23.2 Å². The molecule has 4 aliphatic carbocycles. The van der Waals surface area contributed by atoms with Gasteiger partial charge in [-0.2, -0.15) is 0 Å². The van der Waals surface area contributed by atoms with E-state index in [1.54, 1.807) is 0 Å². The Hall–Kier alpha value is -1.31. The van der Waals surface area contributed by atoms with Gasteiger partial charge in [0, 0.05) is 5.41 Å². The van der Waals surface area contributed by atoms with Crippen LogP contribution in [0.15, 0.2) is 24.3 Å². The zero-order valence-electron chi connectivity index (χ0n) is 12.1. The molecule has 1 aromatic carbocycles. The molecule has 106 valence electrons. The SMILES string of the molecule is Cc1ccc(OCC(=O)C23CC4CC(C2)C(C4)C3)cc1. The van der Waals surface area contributed by atoms with Gasteiger partial charge in [0.2, 0.25) is 0 Å². The lowest BCUT2D eigenvalue weighted by Gasteiger charge is -2.36. The van der Waals surface area contributed by atoms with Crippen LogP contribution in [0.25, 0.3) is 0 Å². The fraction of sp³-hybridized carbons (Fsp3) is 0.611. The molecule has 2 heteroatoms. The summed E-state index contributed by atoms with van der Waals surface area (Å²) in [6.45, 7) is 2.32. The molecule has 2 atom stereocenters. The zero-order chi connectivity index (χ0) is 13.7. The van der Waals surface area contributed by atoms with E-state index in [-0.39, 0.29) is 12.0 Å². The normalized spacial score (nSPS) is 37.4. The fourth-order valence-corrected chi connectivity index (χ4v) is 5.09. The van der Waals surface area contributed by atoms with Crippen molar-refractivity contribution >= 4 is 5.78 Å². The summed E-state index contributed by atoms with van der Waals surface area (Å²) in [5.41, 5.74) is 1.20. The molecular weight excluding hydrogens is 248 g/mol. The molecule has 5 rings (SSSR count). The van der Waals surface area contributed by atoms with Gasteiger partial charge in [0.05, 0.1) is 0 Å². The second-order valence-electron chi connectivity index (χ2n) is 7.28. The molecule has 2 nitrogen and oxygen atoms in total. The molecule has 0 N–H and O–H groups in total. The van der Waals surface area contributed by atoms with Crippen LogP contribution >= 0.6 is 0 Å². The summed E-state index contributed by atoms with van der Waals surface area (Å²) in [6.07, 6.45) is 6.20. The predicted molar refractivity (Wildman–Crippen MR) is 77.7 cm³/mol. The average Bonchev–Trinajstić information content (AvgIpc) is 2.86. The minimum atomic E-state index is -0.0127. The Morgan fingerprint density at radius 3 is 2.40 bits per heavy atom. The number of Topliss-reactive ketones (excluding diaryl/α,β-unsaturated/α-hetero) is 1. The Balaban J connectivity index is 1.42. The minimum absolute atomic E-state index is 0.0127. The van der Waals surface area contributed by atoms with Crippen LogP contribution in [-0.2, 0) is 4.79 Å². The molecule has 2 unspecified atom stereocenters. The number of rotatable bonds is 4.